The second-order valence-electron chi connectivity index (χ2n) is 13.0. The number of ether oxygens (including phenoxy) is 3. The molecule has 1 spiro atoms. The number of hydroxylamine groups is 2. The Bertz CT molecular complexity index is 1800. The number of fused-ring (bicyclic) bond motifs is 1. The van der Waals surface area contributed by atoms with E-state index in [0.717, 1.165) is 21.8 Å². The number of nitrogens with one attached hydrogen (secondary N) is 1. The highest BCUT2D eigenvalue weighted by atomic mass is 16.7. The number of carbonyl (C=O) groups excluding carboxylic acids is 4. The van der Waals surface area contributed by atoms with Crippen LogP contribution in [0.1, 0.15) is 35.6 Å². The molecular formula is C41H43N3O8. The third kappa shape index (κ3) is 7.42. The Kier molecular flexibility index (Phi) is 11.3. The van der Waals surface area contributed by atoms with Crippen LogP contribution in [0.4, 0.5) is 0 Å². The van der Waals surface area contributed by atoms with Crippen LogP contribution in [0.2, 0.25) is 0 Å². The number of rotatable bonds is 17. The summed E-state index contributed by atoms with van der Waals surface area (Å²) >= 11 is 0. The first-order valence-corrected chi connectivity index (χ1v) is 17.3. The number of nitrogens with zero attached hydrogens (tertiary/aromatic N) is 2. The molecule has 2 bridgehead atoms. The van der Waals surface area contributed by atoms with E-state index in [1.165, 1.54) is 0 Å². The Morgan fingerprint density at radius 2 is 1.69 bits per heavy atom. The summed E-state index contributed by atoms with van der Waals surface area (Å²) in [7, 11) is 1.57. The minimum Gasteiger partial charge on any atom is -0.497 e. The summed E-state index contributed by atoms with van der Waals surface area (Å²) in [6.45, 7) is 7.83. The van der Waals surface area contributed by atoms with Gasteiger partial charge < -0.3 is 24.4 Å². The van der Waals surface area contributed by atoms with Gasteiger partial charge in [-0.3, -0.25) is 24.0 Å². The van der Waals surface area contributed by atoms with Crippen molar-refractivity contribution in [3.8, 4) is 5.75 Å². The molecule has 3 aromatic carbocycles. The van der Waals surface area contributed by atoms with Gasteiger partial charge in [-0.25, -0.2) is 5.06 Å². The average molecular weight is 706 g/mol. The number of hydrogen-bond acceptors (Lipinski definition) is 8. The molecule has 11 nitrogen and oxygen atoms in total. The molecule has 0 unspecified atom stereocenters. The molecular weight excluding hydrogens is 662 g/mol. The highest BCUT2D eigenvalue weighted by Gasteiger charge is 2.74. The van der Waals surface area contributed by atoms with Crippen molar-refractivity contribution in [1.29, 1.82) is 0 Å². The number of hydrogen-bond donors (Lipinski definition) is 1. The van der Waals surface area contributed by atoms with E-state index in [9.17, 15) is 19.2 Å². The lowest BCUT2D eigenvalue weighted by Crippen LogP contribution is -2.55. The number of allylic oxidation sites excluding steroid dienone is 1. The number of benzene rings is 3. The maximum Gasteiger partial charge on any atom is 0.306 e. The minimum atomic E-state index is -1.48. The van der Waals surface area contributed by atoms with Crippen molar-refractivity contribution in [3.63, 3.8) is 0 Å². The number of methoxy groups -OCH3 is 1. The minimum absolute atomic E-state index is 0.0280. The van der Waals surface area contributed by atoms with E-state index in [4.69, 9.17) is 19.0 Å². The fourth-order valence-electron chi connectivity index (χ4n) is 7.13. The average Bonchev–Trinajstić information content (AvgIpc) is 3.82. The first-order valence-electron chi connectivity index (χ1n) is 17.3. The van der Waals surface area contributed by atoms with Gasteiger partial charge in [0.2, 0.25) is 5.91 Å². The molecule has 3 aliphatic rings. The lowest BCUT2D eigenvalue weighted by molar-refractivity contribution is -0.210. The first kappa shape index (κ1) is 36.3. The maximum absolute atomic E-state index is 14.7. The van der Waals surface area contributed by atoms with Crippen LogP contribution in [0.15, 0.2) is 122 Å². The van der Waals surface area contributed by atoms with E-state index in [-0.39, 0.29) is 32.7 Å². The van der Waals surface area contributed by atoms with Gasteiger partial charge in [-0.05, 0) is 35.2 Å². The van der Waals surface area contributed by atoms with Crippen molar-refractivity contribution in [2.75, 3.05) is 20.3 Å². The van der Waals surface area contributed by atoms with Crippen LogP contribution < -0.4 is 10.1 Å². The quantitative estimate of drug-likeness (QED) is 0.156. The monoisotopic (exact) mass is 705 g/mol. The van der Waals surface area contributed by atoms with E-state index in [0.29, 0.717) is 12.2 Å². The molecule has 3 aliphatic heterocycles. The van der Waals surface area contributed by atoms with Gasteiger partial charge in [-0.2, -0.15) is 0 Å². The molecule has 2 saturated heterocycles. The Labute approximate surface area is 303 Å². The fraction of sp³-hybridized carbons (Fsp3) is 0.317. The Morgan fingerprint density at radius 3 is 2.37 bits per heavy atom. The largest absolute Gasteiger partial charge is 0.497 e. The van der Waals surface area contributed by atoms with Gasteiger partial charge in [0.05, 0.1) is 31.1 Å². The molecule has 6 rings (SSSR count). The lowest BCUT2D eigenvalue weighted by Gasteiger charge is -2.35. The molecule has 3 amide bonds. The third-order valence-electron chi connectivity index (χ3n) is 9.66. The molecule has 11 heteroatoms. The molecule has 0 aromatic heterocycles. The Balaban J connectivity index is 1.30. The zero-order valence-electron chi connectivity index (χ0n) is 29.1. The zero-order chi connectivity index (χ0) is 36.7. The third-order valence-corrected chi connectivity index (χ3v) is 9.66. The summed E-state index contributed by atoms with van der Waals surface area (Å²) in [6, 6.07) is 23.9. The smallest absolute Gasteiger partial charge is 0.306 e. The van der Waals surface area contributed by atoms with Crippen LogP contribution in [0.25, 0.3) is 0 Å². The Morgan fingerprint density at radius 1 is 0.981 bits per heavy atom. The van der Waals surface area contributed by atoms with Crippen LogP contribution in [-0.2, 0) is 46.6 Å². The SMILES string of the molecule is C=CCCC(=O)OC[C@@H](NC(=O)[C@@H]1[C@@H]2C=C[C@]3(O2)[C@H](C(=O)N(CC=C)Cc2ccccc2)N(OCc2ccc(OC)cc2)C(=O)[C@@H]13)c1ccccc1. The van der Waals surface area contributed by atoms with Gasteiger partial charge in [0.1, 0.15) is 24.6 Å². The molecule has 0 radical (unpaired) electrons. The molecule has 2 fully saturated rings. The van der Waals surface area contributed by atoms with Gasteiger partial charge in [-0.1, -0.05) is 97.1 Å². The van der Waals surface area contributed by atoms with Crippen LogP contribution in [0.3, 0.4) is 0 Å². The summed E-state index contributed by atoms with van der Waals surface area (Å²) in [5, 5.41) is 4.12. The predicted molar refractivity (Wildman–Crippen MR) is 192 cm³/mol. The van der Waals surface area contributed by atoms with Crippen LogP contribution >= 0.6 is 0 Å². The highest BCUT2D eigenvalue weighted by molar-refractivity contribution is 5.99. The van der Waals surface area contributed by atoms with Gasteiger partial charge in [0.15, 0.2) is 6.04 Å². The van der Waals surface area contributed by atoms with Crippen LogP contribution in [0, 0.1) is 11.8 Å². The number of esters is 1. The molecule has 6 atom stereocenters. The van der Waals surface area contributed by atoms with E-state index < -0.39 is 59.3 Å². The fourth-order valence-corrected chi connectivity index (χ4v) is 7.13. The summed E-state index contributed by atoms with van der Waals surface area (Å²) in [6.07, 6.45) is 6.58. The topological polar surface area (TPSA) is 124 Å². The first-order chi connectivity index (χ1) is 25.3. The summed E-state index contributed by atoms with van der Waals surface area (Å²) in [5.74, 6) is -3.24. The van der Waals surface area contributed by atoms with Crippen molar-refractivity contribution < 1.29 is 38.2 Å². The second kappa shape index (κ2) is 16.2. The Hall–Kier alpha value is -5.52. The van der Waals surface area contributed by atoms with Crippen molar-refractivity contribution in [2.24, 2.45) is 11.8 Å². The number of carbonyl (C=O) groups is 4. The molecule has 0 aliphatic carbocycles. The van der Waals surface area contributed by atoms with E-state index in [1.807, 2.05) is 60.7 Å². The molecule has 3 heterocycles. The summed E-state index contributed by atoms with van der Waals surface area (Å²) in [4.78, 5) is 63.8. The lowest BCUT2D eigenvalue weighted by atomic mass is 9.74. The molecule has 270 valence electrons. The van der Waals surface area contributed by atoms with Crippen molar-refractivity contribution in [3.05, 3.63) is 139 Å². The summed E-state index contributed by atoms with van der Waals surface area (Å²) < 4.78 is 17.4. The van der Waals surface area contributed by atoms with Crippen molar-refractivity contribution in [2.45, 2.75) is 49.8 Å². The van der Waals surface area contributed by atoms with Crippen molar-refractivity contribution >= 4 is 23.7 Å². The van der Waals surface area contributed by atoms with Crippen molar-refractivity contribution in [1.82, 2.24) is 15.3 Å². The van der Waals surface area contributed by atoms with Crippen LogP contribution in [-0.4, -0.2) is 71.7 Å². The zero-order valence-corrected chi connectivity index (χ0v) is 29.1. The predicted octanol–water partition coefficient (Wildman–Crippen LogP) is 4.86. The second-order valence-corrected chi connectivity index (χ2v) is 13.0. The maximum atomic E-state index is 14.7. The molecule has 3 aromatic rings. The molecule has 52 heavy (non-hydrogen) atoms. The molecule has 1 N–H and O–H groups in total. The number of amides is 3. The normalized spacial score (nSPS) is 23.1. The van der Waals surface area contributed by atoms with Gasteiger partial charge in [0, 0.05) is 19.5 Å². The van der Waals surface area contributed by atoms with E-state index >= 15 is 0 Å². The molecule has 0 saturated carbocycles. The standard InChI is InChI=1S/C41H43N3O8/c1-4-6-17-34(45)50-27-32(30-15-11-8-12-16-30)42-38(46)35-33-22-23-41(52-33)36(35)39(47)44(51-26-29-18-20-31(49-3)21-19-29)37(41)40(48)43(24-5-2)25-28-13-9-7-10-14-28/h4-5,7-16,18-23,32-33,35-37H,1-2,6,17,24-27H2,3H3,(H,42,46)/t32-,33+,35-,36-,37+,41-/m1/s1. The van der Waals surface area contributed by atoms with Gasteiger partial charge in [0.25, 0.3) is 11.8 Å². The van der Waals surface area contributed by atoms with E-state index in [2.05, 4.69) is 18.5 Å². The van der Waals surface area contributed by atoms with Crippen LogP contribution in [0.5, 0.6) is 5.75 Å². The van der Waals surface area contributed by atoms with Gasteiger partial charge >= 0.3 is 5.97 Å². The van der Waals surface area contributed by atoms with E-state index in [1.54, 1.807) is 60.6 Å². The summed E-state index contributed by atoms with van der Waals surface area (Å²) in [5.41, 5.74) is 0.877. The highest BCUT2D eigenvalue weighted by Crippen LogP contribution is 2.55. The van der Waals surface area contributed by atoms with Gasteiger partial charge in [-0.15, -0.1) is 13.2 Å².